The zero-order valence-electron chi connectivity index (χ0n) is 13.0. The Bertz CT molecular complexity index is 372. The molecule has 4 heteroatoms. The van der Waals surface area contributed by atoms with Gasteiger partial charge in [0.25, 0.3) is 0 Å². The van der Waals surface area contributed by atoms with Gasteiger partial charge in [-0.2, -0.15) is 11.8 Å². The highest BCUT2D eigenvalue weighted by molar-refractivity contribution is 7.99. The molecule has 0 spiro atoms. The number of nitrogens with zero attached hydrogens (tertiary/aromatic N) is 2. The summed E-state index contributed by atoms with van der Waals surface area (Å²) in [7, 11) is 2.09. The van der Waals surface area contributed by atoms with Gasteiger partial charge >= 0.3 is 0 Å². The fourth-order valence-electron chi connectivity index (χ4n) is 2.84. The summed E-state index contributed by atoms with van der Waals surface area (Å²) >= 11 is 2.19. The highest BCUT2D eigenvalue weighted by atomic mass is 32.2. The topological polar surface area (TPSA) is 29.9 Å². The third kappa shape index (κ3) is 5.13. The van der Waals surface area contributed by atoms with Crippen molar-refractivity contribution in [3.63, 3.8) is 0 Å². The molecule has 1 aliphatic rings. The van der Waals surface area contributed by atoms with E-state index in [1.807, 2.05) is 12.4 Å². The van der Waals surface area contributed by atoms with Gasteiger partial charge in [0.2, 0.25) is 0 Å². The third-order valence-electron chi connectivity index (χ3n) is 4.16. The summed E-state index contributed by atoms with van der Waals surface area (Å²) in [5.74, 6) is 2.47. The van der Waals surface area contributed by atoms with E-state index in [2.05, 4.69) is 40.6 Å². The quantitative estimate of drug-likeness (QED) is 0.757. The van der Waals surface area contributed by atoms with Crippen molar-refractivity contribution in [3.8, 4) is 0 Å². The molecule has 1 saturated carbocycles. The van der Waals surface area contributed by atoms with Crippen LogP contribution in [0.3, 0.4) is 0 Å². The second-order valence-electron chi connectivity index (χ2n) is 5.88. The molecule has 0 aliphatic heterocycles. The van der Waals surface area contributed by atoms with E-state index >= 15 is 0 Å². The monoisotopic (exact) mass is 295 g/mol. The van der Waals surface area contributed by atoms with Gasteiger partial charge in [-0.25, -0.2) is 4.98 Å². The van der Waals surface area contributed by atoms with Crippen LogP contribution in [0, 0.1) is 0 Å². The lowest BCUT2D eigenvalue weighted by Gasteiger charge is -2.20. The van der Waals surface area contributed by atoms with Gasteiger partial charge in [0, 0.05) is 42.9 Å². The molecule has 0 amide bonds. The number of hydrogen-bond acceptors (Lipinski definition) is 3. The maximum atomic E-state index is 4.43. The fourth-order valence-corrected chi connectivity index (χ4v) is 4.30. The number of aryl methyl sites for hydroxylation is 2. The largest absolute Gasteiger partial charge is 0.338 e. The standard InChI is InChI=1S/C16H29N3S/c1-3-10-17-14(13-20-15-6-4-5-7-15)8-9-16-18-11-12-19(16)2/h11-12,14-15,17H,3-10,13H2,1-2H3. The zero-order valence-corrected chi connectivity index (χ0v) is 13.8. The number of rotatable bonds is 9. The van der Waals surface area contributed by atoms with Crippen LogP contribution >= 0.6 is 11.8 Å². The minimum atomic E-state index is 0.636. The van der Waals surface area contributed by atoms with Crippen LogP contribution in [-0.2, 0) is 13.5 Å². The molecule has 20 heavy (non-hydrogen) atoms. The highest BCUT2D eigenvalue weighted by Gasteiger charge is 2.18. The highest BCUT2D eigenvalue weighted by Crippen LogP contribution is 2.30. The number of thioether (sulfide) groups is 1. The summed E-state index contributed by atoms with van der Waals surface area (Å²) in [6.45, 7) is 3.38. The smallest absolute Gasteiger partial charge is 0.108 e. The summed E-state index contributed by atoms with van der Waals surface area (Å²) < 4.78 is 2.14. The number of imidazole rings is 1. The van der Waals surface area contributed by atoms with E-state index in [4.69, 9.17) is 0 Å². The molecule has 0 radical (unpaired) electrons. The Morgan fingerprint density at radius 3 is 2.90 bits per heavy atom. The Morgan fingerprint density at radius 1 is 1.45 bits per heavy atom. The van der Waals surface area contributed by atoms with Crippen molar-refractivity contribution in [2.75, 3.05) is 12.3 Å². The first-order valence-electron chi connectivity index (χ1n) is 8.10. The Balaban J connectivity index is 1.75. The molecule has 1 fully saturated rings. The summed E-state index contributed by atoms with van der Waals surface area (Å²) in [6.07, 6.45) is 13.2. The van der Waals surface area contributed by atoms with Crippen LogP contribution in [0.1, 0.15) is 51.3 Å². The van der Waals surface area contributed by atoms with Crippen LogP contribution < -0.4 is 5.32 Å². The average Bonchev–Trinajstić information content (AvgIpc) is 3.10. The van der Waals surface area contributed by atoms with Crippen molar-refractivity contribution in [2.45, 2.75) is 63.2 Å². The fraction of sp³-hybridized carbons (Fsp3) is 0.812. The van der Waals surface area contributed by atoms with E-state index in [1.54, 1.807) is 0 Å². The first-order valence-corrected chi connectivity index (χ1v) is 9.15. The molecule has 1 heterocycles. The van der Waals surface area contributed by atoms with Gasteiger partial charge < -0.3 is 9.88 Å². The molecule has 2 rings (SSSR count). The lowest BCUT2D eigenvalue weighted by Crippen LogP contribution is -2.33. The van der Waals surface area contributed by atoms with E-state index in [9.17, 15) is 0 Å². The van der Waals surface area contributed by atoms with E-state index in [1.165, 1.54) is 50.1 Å². The van der Waals surface area contributed by atoms with Crippen molar-refractivity contribution in [2.24, 2.45) is 7.05 Å². The molecular weight excluding hydrogens is 266 g/mol. The summed E-state index contributed by atoms with van der Waals surface area (Å²) in [6, 6.07) is 0.636. The maximum Gasteiger partial charge on any atom is 0.108 e. The molecule has 1 atom stereocenters. The van der Waals surface area contributed by atoms with Gasteiger partial charge in [-0.1, -0.05) is 19.8 Å². The van der Waals surface area contributed by atoms with Crippen LogP contribution in [0.2, 0.25) is 0 Å². The van der Waals surface area contributed by atoms with E-state index in [0.717, 1.165) is 18.2 Å². The Kier molecular flexibility index (Phi) is 6.94. The first-order chi connectivity index (χ1) is 9.79. The molecule has 0 aromatic carbocycles. The molecule has 1 unspecified atom stereocenters. The lowest BCUT2D eigenvalue weighted by molar-refractivity contribution is 0.510. The van der Waals surface area contributed by atoms with Crippen molar-refractivity contribution >= 4 is 11.8 Å². The minimum Gasteiger partial charge on any atom is -0.338 e. The molecule has 1 N–H and O–H groups in total. The van der Waals surface area contributed by atoms with Crippen molar-refractivity contribution in [3.05, 3.63) is 18.2 Å². The van der Waals surface area contributed by atoms with Crippen LogP contribution in [0.15, 0.2) is 12.4 Å². The molecule has 1 aromatic heterocycles. The van der Waals surface area contributed by atoms with Crippen LogP contribution in [0.4, 0.5) is 0 Å². The predicted octanol–water partition coefficient (Wildman–Crippen LogP) is 3.40. The number of nitrogens with one attached hydrogen (secondary N) is 1. The van der Waals surface area contributed by atoms with E-state index in [-0.39, 0.29) is 0 Å². The molecular formula is C16H29N3S. The van der Waals surface area contributed by atoms with E-state index < -0.39 is 0 Å². The van der Waals surface area contributed by atoms with Crippen molar-refractivity contribution < 1.29 is 0 Å². The number of hydrogen-bond donors (Lipinski definition) is 1. The van der Waals surface area contributed by atoms with Crippen LogP contribution in [0.25, 0.3) is 0 Å². The average molecular weight is 295 g/mol. The van der Waals surface area contributed by atoms with Crippen molar-refractivity contribution in [1.82, 2.24) is 14.9 Å². The van der Waals surface area contributed by atoms with Gasteiger partial charge in [0.15, 0.2) is 0 Å². The number of aromatic nitrogens is 2. The molecule has 114 valence electrons. The van der Waals surface area contributed by atoms with E-state index in [0.29, 0.717) is 6.04 Å². The molecule has 3 nitrogen and oxygen atoms in total. The van der Waals surface area contributed by atoms with Gasteiger partial charge in [0.05, 0.1) is 0 Å². The SMILES string of the molecule is CCCNC(CCc1nccn1C)CSC1CCCC1. The predicted molar refractivity (Wildman–Crippen MR) is 88.3 cm³/mol. The summed E-state index contributed by atoms with van der Waals surface area (Å²) in [4.78, 5) is 4.43. The van der Waals surface area contributed by atoms with Gasteiger partial charge in [0.1, 0.15) is 5.82 Å². The zero-order chi connectivity index (χ0) is 14.2. The minimum absolute atomic E-state index is 0.636. The van der Waals surface area contributed by atoms with Gasteiger partial charge in [-0.15, -0.1) is 0 Å². The van der Waals surface area contributed by atoms with Crippen LogP contribution in [-0.4, -0.2) is 33.1 Å². The van der Waals surface area contributed by atoms with Crippen molar-refractivity contribution in [1.29, 1.82) is 0 Å². The van der Waals surface area contributed by atoms with Gasteiger partial charge in [-0.05, 0) is 32.2 Å². The normalized spacial score (nSPS) is 17.7. The Labute approximate surface area is 127 Å². The summed E-state index contributed by atoms with van der Waals surface area (Å²) in [5.41, 5.74) is 0. The first kappa shape index (κ1) is 15.9. The lowest BCUT2D eigenvalue weighted by atomic mass is 10.1. The van der Waals surface area contributed by atoms with Gasteiger partial charge in [-0.3, -0.25) is 0 Å². The third-order valence-corrected chi connectivity index (χ3v) is 5.69. The van der Waals surface area contributed by atoms with Crippen LogP contribution in [0.5, 0.6) is 0 Å². The molecule has 0 bridgehead atoms. The molecule has 0 saturated heterocycles. The summed E-state index contributed by atoms with van der Waals surface area (Å²) in [5, 5.41) is 4.64. The maximum absolute atomic E-state index is 4.43. The second-order valence-corrected chi connectivity index (χ2v) is 7.22. The Morgan fingerprint density at radius 2 is 2.25 bits per heavy atom. The molecule has 1 aliphatic carbocycles. The second kappa shape index (κ2) is 8.73. The Hall–Kier alpha value is -0.480. The molecule has 1 aromatic rings.